The second-order valence-electron chi connectivity index (χ2n) is 10.5. The van der Waals surface area contributed by atoms with E-state index in [-0.39, 0.29) is 23.4 Å². The van der Waals surface area contributed by atoms with E-state index in [4.69, 9.17) is 4.74 Å². The van der Waals surface area contributed by atoms with Crippen molar-refractivity contribution in [2.75, 3.05) is 0 Å². The van der Waals surface area contributed by atoms with Gasteiger partial charge in [0, 0.05) is 19.3 Å². The van der Waals surface area contributed by atoms with Gasteiger partial charge >= 0.3 is 5.97 Å². The fourth-order valence-corrected chi connectivity index (χ4v) is 8.47. The molecule has 0 amide bonds. The third-order valence-corrected chi connectivity index (χ3v) is 9.57. The van der Waals surface area contributed by atoms with Crippen LogP contribution in [0.3, 0.4) is 0 Å². The molecule has 0 spiro atoms. The van der Waals surface area contributed by atoms with E-state index >= 15 is 0 Å². The van der Waals surface area contributed by atoms with Crippen molar-refractivity contribution in [1.29, 1.82) is 5.26 Å². The lowest BCUT2D eigenvalue weighted by atomic mass is 9.44. The predicted molar refractivity (Wildman–Crippen MR) is 106 cm³/mol. The first-order chi connectivity index (χ1) is 13.3. The van der Waals surface area contributed by atoms with Gasteiger partial charge < -0.3 is 4.74 Å². The van der Waals surface area contributed by atoms with Gasteiger partial charge in [0.15, 0.2) is 0 Å². The number of ketones is 1. The lowest BCUT2D eigenvalue weighted by molar-refractivity contribution is -0.161. The standard InChI is InChI=1S/C24H35NO3/c1-15(26)20-6-7-22-19-5-4-17-14-18(28-16(2)27)8-10-23(17,3)21(19)9-11-24(20,22)12-13-25/h17-22H,4-12,14H2,1-3H3/t17-,18-,19-,20-,21+,22+,23+,24+/m1/s1. The average molecular weight is 386 g/mol. The molecule has 4 aliphatic carbocycles. The molecule has 4 nitrogen and oxygen atoms in total. The third kappa shape index (κ3) is 2.92. The molecule has 0 N–H and O–H groups in total. The van der Waals surface area contributed by atoms with Crippen LogP contribution in [0.2, 0.25) is 0 Å². The Hall–Kier alpha value is -1.37. The van der Waals surface area contributed by atoms with Gasteiger partial charge in [-0.15, -0.1) is 0 Å². The molecule has 4 rings (SSSR count). The van der Waals surface area contributed by atoms with Crippen molar-refractivity contribution >= 4 is 11.8 Å². The molecule has 0 radical (unpaired) electrons. The number of hydrogen-bond donors (Lipinski definition) is 0. The largest absolute Gasteiger partial charge is 0.463 e. The Morgan fingerprint density at radius 1 is 1.04 bits per heavy atom. The quantitative estimate of drug-likeness (QED) is 0.637. The van der Waals surface area contributed by atoms with Gasteiger partial charge in [-0.05, 0) is 99.2 Å². The van der Waals surface area contributed by atoms with Crippen LogP contribution in [-0.2, 0) is 14.3 Å². The van der Waals surface area contributed by atoms with Gasteiger partial charge in [0.05, 0.1) is 6.07 Å². The van der Waals surface area contributed by atoms with E-state index in [9.17, 15) is 14.9 Å². The summed E-state index contributed by atoms with van der Waals surface area (Å²) in [4.78, 5) is 23.8. The van der Waals surface area contributed by atoms with Crippen molar-refractivity contribution in [3.63, 3.8) is 0 Å². The topological polar surface area (TPSA) is 67.2 Å². The van der Waals surface area contributed by atoms with Gasteiger partial charge in [0.25, 0.3) is 0 Å². The lowest BCUT2D eigenvalue weighted by Gasteiger charge is -2.61. The Bertz CT molecular complexity index is 696. The summed E-state index contributed by atoms with van der Waals surface area (Å²) in [7, 11) is 0. The molecule has 4 fully saturated rings. The molecule has 4 heteroatoms. The van der Waals surface area contributed by atoms with Crippen molar-refractivity contribution in [1.82, 2.24) is 0 Å². The van der Waals surface area contributed by atoms with Crippen molar-refractivity contribution in [3.8, 4) is 6.07 Å². The maximum atomic E-state index is 12.4. The number of ether oxygens (including phenoxy) is 1. The summed E-state index contributed by atoms with van der Waals surface area (Å²) in [6.07, 6.45) is 10.6. The molecule has 0 heterocycles. The molecule has 0 saturated heterocycles. The van der Waals surface area contributed by atoms with Crippen molar-refractivity contribution < 1.29 is 14.3 Å². The summed E-state index contributed by atoms with van der Waals surface area (Å²) in [6.45, 7) is 5.76. The van der Waals surface area contributed by atoms with Crippen LogP contribution in [0.4, 0.5) is 0 Å². The van der Waals surface area contributed by atoms with E-state index in [1.165, 1.54) is 19.8 Å². The third-order valence-electron chi connectivity index (χ3n) is 9.57. The molecule has 28 heavy (non-hydrogen) atoms. The molecular formula is C24H35NO3. The molecule has 4 aliphatic rings. The Kier molecular flexibility index (Phi) is 5.09. The van der Waals surface area contributed by atoms with E-state index < -0.39 is 0 Å². The first-order valence-electron chi connectivity index (χ1n) is 11.4. The molecule has 8 atom stereocenters. The molecule has 0 bridgehead atoms. The number of hydrogen-bond acceptors (Lipinski definition) is 4. The molecule has 0 aromatic rings. The van der Waals surface area contributed by atoms with Crippen LogP contribution in [0, 0.1) is 51.8 Å². The van der Waals surface area contributed by atoms with Gasteiger partial charge in [-0.1, -0.05) is 6.92 Å². The summed E-state index contributed by atoms with van der Waals surface area (Å²) in [5.74, 6) is 2.80. The first kappa shape index (κ1) is 19.9. The number of fused-ring (bicyclic) bond motifs is 5. The van der Waals surface area contributed by atoms with Crippen LogP contribution in [0.15, 0.2) is 0 Å². The Morgan fingerprint density at radius 3 is 2.50 bits per heavy atom. The molecule has 0 aliphatic heterocycles. The molecule has 154 valence electrons. The highest BCUT2D eigenvalue weighted by atomic mass is 16.5. The van der Waals surface area contributed by atoms with Crippen LogP contribution < -0.4 is 0 Å². The van der Waals surface area contributed by atoms with E-state index in [1.54, 1.807) is 6.92 Å². The van der Waals surface area contributed by atoms with Crippen LogP contribution in [0.5, 0.6) is 0 Å². The lowest BCUT2D eigenvalue weighted by Crippen LogP contribution is -2.55. The van der Waals surface area contributed by atoms with Gasteiger partial charge in [0.2, 0.25) is 0 Å². The number of nitrogens with zero attached hydrogens (tertiary/aromatic N) is 1. The van der Waals surface area contributed by atoms with Gasteiger partial charge in [-0.3, -0.25) is 9.59 Å². The number of esters is 1. The van der Waals surface area contributed by atoms with E-state index in [0.29, 0.717) is 41.3 Å². The minimum Gasteiger partial charge on any atom is -0.463 e. The minimum absolute atomic E-state index is 0.0557. The summed E-state index contributed by atoms with van der Waals surface area (Å²) >= 11 is 0. The normalized spacial score (nSPS) is 47.2. The molecule has 0 unspecified atom stereocenters. The second kappa shape index (κ2) is 7.15. The van der Waals surface area contributed by atoms with Crippen molar-refractivity contribution in [2.45, 2.75) is 91.1 Å². The summed E-state index contributed by atoms with van der Waals surface area (Å²) in [5.41, 5.74) is 0.270. The predicted octanol–water partition coefficient (Wildman–Crippen LogP) is 5.06. The molecule has 0 aromatic heterocycles. The van der Waals surface area contributed by atoms with E-state index in [2.05, 4.69) is 13.0 Å². The fraction of sp³-hybridized carbons (Fsp3) is 0.875. The monoisotopic (exact) mass is 385 g/mol. The SMILES string of the molecule is CC(=O)O[C@@H]1CC[C@@]2(C)[C@H](CC[C@@H]3[C@@H]2CC[C@]2(CC#N)[C@@H](C(C)=O)CC[C@@H]32)C1. The van der Waals surface area contributed by atoms with E-state index in [1.807, 2.05) is 0 Å². The Morgan fingerprint density at radius 2 is 1.82 bits per heavy atom. The van der Waals surface area contributed by atoms with Gasteiger partial charge in [-0.25, -0.2) is 0 Å². The summed E-state index contributed by atoms with van der Waals surface area (Å²) < 4.78 is 5.57. The minimum atomic E-state index is -0.150. The average Bonchev–Trinajstić information content (AvgIpc) is 3.01. The zero-order chi connectivity index (χ0) is 20.1. The summed E-state index contributed by atoms with van der Waals surface area (Å²) in [5, 5.41) is 9.59. The first-order valence-corrected chi connectivity index (χ1v) is 11.4. The molecule has 4 saturated carbocycles. The second-order valence-corrected chi connectivity index (χ2v) is 10.5. The Labute approximate surface area is 169 Å². The molecule has 0 aromatic carbocycles. The van der Waals surface area contributed by atoms with Crippen molar-refractivity contribution in [3.05, 3.63) is 0 Å². The van der Waals surface area contributed by atoms with Crippen molar-refractivity contribution in [2.24, 2.45) is 40.4 Å². The summed E-state index contributed by atoms with van der Waals surface area (Å²) in [6, 6.07) is 2.47. The number of rotatable bonds is 3. The maximum absolute atomic E-state index is 12.4. The van der Waals surface area contributed by atoms with Crippen LogP contribution in [-0.4, -0.2) is 17.9 Å². The number of nitriles is 1. The van der Waals surface area contributed by atoms with E-state index in [0.717, 1.165) is 44.9 Å². The highest BCUT2D eigenvalue weighted by Gasteiger charge is 2.62. The fourth-order valence-electron chi connectivity index (χ4n) is 8.47. The van der Waals surface area contributed by atoms with Crippen LogP contribution in [0.25, 0.3) is 0 Å². The zero-order valence-electron chi connectivity index (χ0n) is 17.7. The zero-order valence-corrected chi connectivity index (χ0v) is 17.7. The molecular weight excluding hydrogens is 350 g/mol. The van der Waals surface area contributed by atoms with Crippen LogP contribution >= 0.6 is 0 Å². The van der Waals surface area contributed by atoms with Gasteiger partial charge in [0.1, 0.15) is 11.9 Å². The smallest absolute Gasteiger partial charge is 0.302 e. The number of Topliss-reactive ketones (excluding diaryl/α,β-unsaturated/α-hetero) is 1. The maximum Gasteiger partial charge on any atom is 0.302 e. The number of carbonyl (C=O) groups is 2. The number of carbonyl (C=O) groups excluding carboxylic acids is 2. The highest BCUT2D eigenvalue weighted by molar-refractivity contribution is 5.79. The Balaban J connectivity index is 1.57. The van der Waals surface area contributed by atoms with Crippen LogP contribution in [0.1, 0.15) is 85.0 Å². The van der Waals surface area contributed by atoms with Gasteiger partial charge in [-0.2, -0.15) is 5.26 Å². The highest BCUT2D eigenvalue weighted by Crippen LogP contribution is 2.68.